The first kappa shape index (κ1) is 13.3. The molecule has 1 unspecified atom stereocenters. The summed E-state index contributed by atoms with van der Waals surface area (Å²) in [7, 11) is 2.06. The van der Waals surface area contributed by atoms with E-state index in [0.29, 0.717) is 11.4 Å². The van der Waals surface area contributed by atoms with Crippen LogP contribution in [-0.2, 0) is 6.54 Å². The molecule has 2 aromatic carbocycles. The maximum absolute atomic E-state index is 12.1. The van der Waals surface area contributed by atoms with Gasteiger partial charge in [-0.2, -0.15) is 0 Å². The zero-order valence-electron chi connectivity index (χ0n) is 11.3. The number of fused-ring (bicyclic) bond motifs is 1. The highest BCUT2D eigenvalue weighted by Gasteiger charge is 2.31. The van der Waals surface area contributed by atoms with E-state index in [1.165, 1.54) is 5.56 Å². The highest BCUT2D eigenvalue weighted by molar-refractivity contribution is 6.30. The number of carbonyl (C=O) groups is 1. The van der Waals surface area contributed by atoms with Crippen LogP contribution in [0.4, 0.5) is 0 Å². The second-order valence-corrected chi connectivity index (χ2v) is 5.71. The molecule has 2 aromatic rings. The molecule has 102 valence electrons. The molecule has 3 rings (SSSR count). The summed E-state index contributed by atoms with van der Waals surface area (Å²) in [6, 6.07) is 16.0. The van der Waals surface area contributed by atoms with Gasteiger partial charge in [-0.3, -0.25) is 9.69 Å². The van der Waals surface area contributed by atoms with Crippen LogP contribution in [-0.4, -0.2) is 17.7 Å². The third-order valence-electron chi connectivity index (χ3n) is 3.86. The molecule has 0 saturated heterocycles. The van der Waals surface area contributed by atoms with Crippen LogP contribution in [0.5, 0.6) is 0 Å². The average Bonchev–Trinajstić information content (AvgIpc) is 2.77. The molecule has 1 atom stereocenters. The van der Waals surface area contributed by atoms with Crippen molar-refractivity contribution in [3.63, 3.8) is 0 Å². The molecule has 0 radical (unpaired) electrons. The molecule has 0 saturated carbocycles. The fraction of sp³-hybridized carbons (Fsp3) is 0.235. The monoisotopic (exact) mass is 285 g/mol. The standard InChI is InChI=1S/C17H16ClNO/c1-19(11-12-5-3-2-4-6-12)16-10-17(20)14-8-7-13(18)9-15(14)16/h2-9,16H,10-11H2,1H3. The topological polar surface area (TPSA) is 20.3 Å². The van der Waals surface area contributed by atoms with E-state index < -0.39 is 0 Å². The molecule has 1 aliphatic carbocycles. The molecule has 1 aliphatic rings. The molecule has 0 aliphatic heterocycles. The number of hydrogen-bond donors (Lipinski definition) is 0. The summed E-state index contributed by atoms with van der Waals surface area (Å²) >= 11 is 6.07. The van der Waals surface area contributed by atoms with Gasteiger partial charge >= 0.3 is 0 Å². The Kier molecular flexibility index (Phi) is 3.60. The van der Waals surface area contributed by atoms with Crippen molar-refractivity contribution in [2.75, 3.05) is 7.05 Å². The molecular formula is C17H16ClNO. The lowest BCUT2D eigenvalue weighted by Gasteiger charge is -2.24. The van der Waals surface area contributed by atoms with Crippen LogP contribution >= 0.6 is 11.6 Å². The zero-order valence-corrected chi connectivity index (χ0v) is 12.1. The molecule has 0 spiro atoms. The second-order valence-electron chi connectivity index (χ2n) is 5.28. The molecule has 2 nitrogen and oxygen atoms in total. The summed E-state index contributed by atoms with van der Waals surface area (Å²) in [5.41, 5.74) is 3.12. The van der Waals surface area contributed by atoms with E-state index in [0.717, 1.165) is 17.7 Å². The number of ketones is 1. The van der Waals surface area contributed by atoms with E-state index in [2.05, 4.69) is 24.1 Å². The normalized spacial score (nSPS) is 17.6. The summed E-state index contributed by atoms with van der Waals surface area (Å²) < 4.78 is 0. The van der Waals surface area contributed by atoms with Crippen LogP contribution in [0.3, 0.4) is 0 Å². The summed E-state index contributed by atoms with van der Waals surface area (Å²) in [5.74, 6) is 0.210. The van der Waals surface area contributed by atoms with Gasteiger partial charge in [-0.15, -0.1) is 0 Å². The van der Waals surface area contributed by atoms with Gasteiger partial charge in [0.2, 0.25) is 0 Å². The smallest absolute Gasteiger partial charge is 0.165 e. The Labute approximate surface area is 124 Å². The Morgan fingerprint density at radius 3 is 2.70 bits per heavy atom. The number of Topliss-reactive ketones (excluding diaryl/α,β-unsaturated/α-hetero) is 1. The third-order valence-corrected chi connectivity index (χ3v) is 4.09. The minimum Gasteiger partial charge on any atom is -0.295 e. The predicted molar refractivity (Wildman–Crippen MR) is 81.0 cm³/mol. The molecule has 0 N–H and O–H groups in total. The fourth-order valence-electron chi connectivity index (χ4n) is 2.83. The van der Waals surface area contributed by atoms with Crippen molar-refractivity contribution in [2.24, 2.45) is 0 Å². The van der Waals surface area contributed by atoms with Gasteiger partial charge in [0.25, 0.3) is 0 Å². The van der Waals surface area contributed by atoms with Crippen molar-refractivity contribution in [3.8, 4) is 0 Å². The van der Waals surface area contributed by atoms with Gasteiger partial charge in [0, 0.05) is 29.6 Å². The summed E-state index contributed by atoms with van der Waals surface area (Å²) in [5, 5.41) is 0.691. The summed E-state index contributed by atoms with van der Waals surface area (Å²) in [6.45, 7) is 0.824. The fourth-order valence-corrected chi connectivity index (χ4v) is 3.01. The number of benzene rings is 2. The molecule has 0 aromatic heterocycles. The van der Waals surface area contributed by atoms with Crippen molar-refractivity contribution in [1.82, 2.24) is 4.90 Å². The van der Waals surface area contributed by atoms with E-state index in [9.17, 15) is 4.79 Å². The van der Waals surface area contributed by atoms with Crippen LogP contribution in [0.15, 0.2) is 48.5 Å². The van der Waals surface area contributed by atoms with Crippen molar-refractivity contribution in [2.45, 2.75) is 19.0 Å². The van der Waals surface area contributed by atoms with Gasteiger partial charge < -0.3 is 0 Å². The van der Waals surface area contributed by atoms with Crippen molar-refractivity contribution >= 4 is 17.4 Å². The summed E-state index contributed by atoms with van der Waals surface area (Å²) in [6.07, 6.45) is 0.541. The minimum atomic E-state index is 0.122. The molecule has 0 heterocycles. The quantitative estimate of drug-likeness (QED) is 0.846. The van der Waals surface area contributed by atoms with Crippen LogP contribution in [0.1, 0.15) is 33.9 Å². The van der Waals surface area contributed by atoms with Gasteiger partial charge in [0.05, 0.1) is 0 Å². The first-order chi connectivity index (χ1) is 9.65. The Bertz CT molecular complexity index is 639. The Hall–Kier alpha value is -1.64. The van der Waals surface area contributed by atoms with Gasteiger partial charge in [0.1, 0.15) is 0 Å². The van der Waals surface area contributed by atoms with Crippen LogP contribution < -0.4 is 0 Å². The van der Waals surface area contributed by atoms with Crippen molar-refractivity contribution in [1.29, 1.82) is 0 Å². The van der Waals surface area contributed by atoms with Crippen molar-refractivity contribution in [3.05, 3.63) is 70.2 Å². The number of halogens is 1. The minimum absolute atomic E-state index is 0.122. The molecule has 3 heteroatoms. The van der Waals surface area contributed by atoms with E-state index in [-0.39, 0.29) is 11.8 Å². The van der Waals surface area contributed by atoms with Gasteiger partial charge in [0.15, 0.2) is 5.78 Å². The highest BCUT2D eigenvalue weighted by Crippen LogP contribution is 2.37. The second kappa shape index (κ2) is 5.39. The van der Waals surface area contributed by atoms with Crippen LogP contribution in [0.2, 0.25) is 5.02 Å². The van der Waals surface area contributed by atoms with Crippen molar-refractivity contribution < 1.29 is 4.79 Å². The number of nitrogens with zero attached hydrogens (tertiary/aromatic N) is 1. The molecule has 0 fully saturated rings. The lowest BCUT2D eigenvalue weighted by atomic mass is 10.1. The first-order valence-electron chi connectivity index (χ1n) is 6.72. The number of rotatable bonds is 3. The zero-order chi connectivity index (χ0) is 14.1. The van der Waals surface area contributed by atoms with E-state index >= 15 is 0 Å². The van der Waals surface area contributed by atoms with Gasteiger partial charge in [-0.25, -0.2) is 0 Å². The third kappa shape index (κ3) is 2.49. The molecule has 0 bridgehead atoms. The average molecular weight is 286 g/mol. The Morgan fingerprint density at radius 2 is 1.95 bits per heavy atom. The van der Waals surface area contributed by atoms with Gasteiger partial charge in [-0.05, 0) is 36.4 Å². The SMILES string of the molecule is CN(Cc1ccccc1)C1CC(=O)c2ccc(Cl)cc21. The van der Waals surface area contributed by atoms with E-state index in [1.54, 1.807) is 6.07 Å². The Balaban J connectivity index is 1.85. The van der Waals surface area contributed by atoms with Crippen LogP contribution in [0, 0.1) is 0 Å². The largest absolute Gasteiger partial charge is 0.295 e. The number of carbonyl (C=O) groups excluding carboxylic acids is 1. The molecule has 0 amide bonds. The Morgan fingerprint density at radius 1 is 1.20 bits per heavy atom. The summed E-state index contributed by atoms with van der Waals surface area (Å²) in [4.78, 5) is 14.3. The molecule has 20 heavy (non-hydrogen) atoms. The van der Waals surface area contributed by atoms with Gasteiger partial charge in [-0.1, -0.05) is 41.9 Å². The van der Waals surface area contributed by atoms with E-state index in [1.807, 2.05) is 30.3 Å². The number of hydrogen-bond acceptors (Lipinski definition) is 2. The maximum atomic E-state index is 12.1. The lowest BCUT2D eigenvalue weighted by molar-refractivity contribution is 0.0961. The van der Waals surface area contributed by atoms with E-state index in [4.69, 9.17) is 11.6 Å². The van der Waals surface area contributed by atoms with Crippen LogP contribution in [0.25, 0.3) is 0 Å². The maximum Gasteiger partial charge on any atom is 0.165 e. The molecular weight excluding hydrogens is 270 g/mol. The first-order valence-corrected chi connectivity index (χ1v) is 7.10. The predicted octanol–water partition coefficient (Wildman–Crippen LogP) is 4.10. The highest BCUT2D eigenvalue weighted by atomic mass is 35.5. The lowest BCUT2D eigenvalue weighted by Crippen LogP contribution is -2.22.